The van der Waals surface area contributed by atoms with Crippen molar-refractivity contribution >= 4 is 11.6 Å². The van der Waals surface area contributed by atoms with Gasteiger partial charge >= 0.3 is 0 Å². The number of nitrogens with zero attached hydrogens (tertiary/aromatic N) is 3. The fourth-order valence-corrected chi connectivity index (χ4v) is 5.05. The van der Waals surface area contributed by atoms with Crippen LogP contribution < -0.4 is 5.32 Å². The van der Waals surface area contributed by atoms with E-state index < -0.39 is 0 Å². The standard InChI is InChI=1S/C28H34N4O3/c1-19-24(18-30-32(19)23-8-5-21(6-9-23)27(2,3)4)26(33)31-22-7-10-25(29-17-22)20-11-13-28(14-12-20)34-15-16-35-28/h5-10,17-18,20H,11-16H2,1-4H3,(H,31,33). The summed E-state index contributed by atoms with van der Waals surface area (Å²) in [6, 6.07) is 12.3. The van der Waals surface area contributed by atoms with Crippen LogP contribution in [0.15, 0.2) is 48.8 Å². The lowest BCUT2D eigenvalue weighted by molar-refractivity contribution is -0.178. The minimum Gasteiger partial charge on any atom is -0.348 e. The molecular formula is C28H34N4O3. The third-order valence-electron chi connectivity index (χ3n) is 7.26. The van der Waals surface area contributed by atoms with Gasteiger partial charge in [-0.25, -0.2) is 4.68 Å². The minimum atomic E-state index is -0.360. The third-order valence-corrected chi connectivity index (χ3v) is 7.26. The Labute approximate surface area is 206 Å². The Hall–Kier alpha value is -3.03. The van der Waals surface area contributed by atoms with Crippen LogP contribution >= 0.6 is 0 Å². The maximum absolute atomic E-state index is 13.0. The Morgan fingerprint density at radius 1 is 1.03 bits per heavy atom. The average molecular weight is 475 g/mol. The molecule has 7 nitrogen and oxygen atoms in total. The van der Waals surface area contributed by atoms with Gasteiger partial charge in [0.25, 0.3) is 5.91 Å². The fraction of sp³-hybridized carbons (Fsp3) is 0.464. The maximum atomic E-state index is 13.0. The molecule has 1 spiro atoms. The van der Waals surface area contributed by atoms with Gasteiger partial charge in [0.15, 0.2) is 5.79 Å². The Kier molecular flexibility index (Phi) is 6.23. The van der Waals surface area contributed by atoms with E-state index in [4.69, 9.17) is 9.47 Å². The third kappa shape index (κ3) is 4.88. The molecule has 1 aromatic carbocycles. The Morgan fingerprint density at radius 2 is 1.71 bits per heavy atom. The largest absolute Gasteiger partial charge is 0.348 e. The van der Waals surface area contributed by atoms with Gasteiger partial charge in [-0.2, -0.15) is 5.10 Å². The van der Waals surface area contributed by atoms with Crippen molar-refractivity contribution < 1.29 is 14.3 Å². The molecule has 184 valence electrons. The molecule has 2 aliphatic rings. The Balaban J connectivity index is 1.23. The van der Waals surface area contributed by atoms with Crippen LogP contribution in [0, 0.1) is 6.92 Å². The number of hydrogen-bond donors (Lipinski definition) is 1. The first-order chi connectivity index (χ1) is 16.7. The van der Waals surface area contributed by atoms with Crippen molar-refractivity contribution in [2.75, 3.05) is 18.5 Å². The predicted octanol–water partition coefficient (Wildman–Crippen LogP) is 5.53. The molecule has 3 aromatic rings. The number of amides is 1. The molecule has 0 bridgehead atoms. The Bertz CT molecular complexity index is 1180. The molecule has 1 saturated carbocycles. The summed E-state index contributed by atoms with van der Waals surface area (Å²) in [6.45, 7) is 9.87. The molecule has 3 heterocycles. The first-order valence-electron chi connectivity index (χ1n) is 12.4. The van der Waals surface area contributed by atoms with Crippen molar-refractivity contribution in [3.63, 3.8) is 0 Å². The van der Waals surface area contributed by atoms with E-state index in [1.807, 2.05) is 31.2 Å². The van der Waals surface area contributed by atoms with E-state index in [1.165, 1.54) is 5.56 Å². The van der Waals surface area contributed by atoms with Crippen molar-refractivity contribution in [1.29, 1.82) is 0 Å². The number of carbonyl (C=O) groups excluding carboxylic acids is 1. The first-order valence-corrected chi connectivity index (χ1v) is 12.4. The van der Waals surface area contributed by atoms with Crippen LogP contribution in [0.5, 0.6) is 0 Å². The molecule has 2 aromatic heterocycles. The summed E-state index contributed by atoms with van der Waals surface area (Å²) in [5, 5.41) is 7.43. The van der Waals surface area contributed by atoms with E-state index in [2.05, 4.69) is 48.3 Å². The van der Waals surface area contributed by atoms with Gasteiger partial charge in [0.1, 0.15) is 0 Å². The van der Waals surface area contributed by atoms with Crippen molar-refractivity contribution in [2.24, 2.45) is 0 Å². The van der Waals surface area contributed by atoms with Gasteiger partial charge in [-0.05, 0) is 55.0 Å². The molecule has 1 amide bonds. The molecule has 35 heavy (non-hydrogen) atoms. The van der Waals surface area contributed by atoms with Crippen LogP contribution in [0.1, 0.15) is 79.7 Å². The second kappa shape index (κ2) is 9.21. The summed E-state index contributed by atoms with van der Waals surface area (Å²) in [5.74, 6) is -0.158. The average Bonchev–Trinajstić information content (AvgIpc) is 3.46. The van der Waals surface area contributed by atoms with Crippen molar-refractivity contribution in [3.05, 3.63) is 71.3 Å². The predicted molar refractivity (Wildman–Crippen MR) is 135 cm³/mol. The molecule has 0 atom stereocenters. The first kappa shape index (κ1) is 23.7. The highest BCUT2D eigenvalue weighted by atomic mass is 16.7. The molecule has 5 rings (SSSR count). The molecule has 1 aliphatic heterocycles. The second-order valence-corrected chi connectivity index (χ2v) is 10.7. The van der Waals surface area contributed by atoms with Crippen LogP contribution in [0.25, 0.3) is 5.69 Å². The zero-order valence-corrected chi connectivity index (χ0v) is 21.0. The van der Waals surface area contributed by atoms with Crippen LogP contribution in [-0.4, -0.2) is 39.7 Å². The molecule has 1 saturated heterocycles. The summed E-state index contributed by atoms with van der Waals surface area (Å²) in [6.07, 6.45) is 7.15. The van der Waals surface area contributed by atoms with Crippen molar-refractivity contribution in [2.45, 2.75) is 70.5 Å². The Morgan fingerprint density at radius 3 is 2.31 bits per heavy atom. The molecule has 0 radical (unpaired) electrons. The summed E-state index contributed by atoms with van der Waals surface area (Å²) in [5.41, 5.74) is 5.35. The lowest BCUT2D eigenvalue weighted by Crippen LogP contribution is -2.34. The number of anilines is 1. The topological polar surface area (TPSA) is 78.3 Å². The molecule has 2 fully saturated rings. The molecule has 1 aliphatic carbocycles. The van der Waals surface area contributed by atoms with Crippen LogP contribution in [-0.2, 0) is 14.9 Å². The quantitative estimate of drug-likeness (QED) is 0.538. The number of pyridine rings is 1. The number of nitrogens with one attached hydrogen (secondary N) is 1. The van der Waals surface area contributed by atoms with Gasteiger partial charge in [-0.15, -0.1) is 0 Å². The normalized spacial score (nSPS) is 18.2. The number of ether oxygens (including phenoxy) is 2. The van der Waals surface area contributed by atoms with Crippen LogP contribution in [0.3, 0.4) is 0 Å². The van der Waals surface area contributed by atoms with Gasteiger partial charge in [0.2, 0.25) is 0 Å². The fourth-order valence-electron chi connectivity index (χ4n) is 5.05. The second-order valence-electron chi connectivity index (χ2n) is 10.7. The van der Waals surface area contributed by atoms with E-state index >= 15 is 0 Å². The summed E-state index contributed by atoms with van der Waals surface area (Å²) in [4.78, 5) is 17.6. The molecule has 1 N–H and O–H groups in total. The number of benzene rings is 1. The lowest BCUT2D eigenvalue weighted by Gasteiger charge is -2.35. The van der Waals surface area contributed by atoms with Gasteiger partial charge in [-0.3, -0.25) is 9.78 Å². The smallest absolute Gasteiger partial charge is 0.259 e. The van der Waals surface area contributed by atoms with Crippen LogP contribution in [0.4, 0.5) is 5.69 Å². The highest BCUT2D eigenvalue weighted by Gasteiger charge is 2.40. The van der Waals surface area contributed by atoms with Crippen molar-refractivity contribution in [3.8, 4) is 5.69 Å². The van der Waals surface area contributed by atoms with Crippen molar-refractivity contribution in [1.82, 2.24) is 14.8 Å². The van der Waals surface area contributed by atoms with Gasteiger partial charge in [-0.1, -0.05) is 32.9 Å². The zero-order valence-electron chi connectivity index (χ0n) is 21.0. The van der Waals surface area contributed by atoms with Gasteiger partial charge < -0.3 is 14.8 Å². The van der Waals surface area contributed by atoms with Crippen LogP contribution in [0.2, 0.25) is 0 Å². The monoisotopic (exact) mass is 474 g/mol. The zero-order chi connectivity index (χ0) is 24.6. The lowest BCUT2D eigenvalue weighted by atomic mass is 9.83. The van der Waals surface area contributed by atoms with E-state index in [1.54, 1.807) is 17.1 Å². The number of carbonyl (C=O) groups is 1. The summed E-state index contributed by atoms with van der Waals surface area (Å²) in [7, 11) is 0. The number of hydrogen-bond acceptors (Lipinski definition) is 5. The van der Waals surface area contributed by atoms with E-state index in [-0.39, 0.29) is 17.1 Å². The SMILES string of the molecule is Cc1c(C(=O)Nc2ccc(C3CCC4(CC3)OCCO4)nc2)cnn1-c1ccc(C(C)(C)C)cc1. The van der Waals surface area contributed by atoms with E-state index in [0.29, 0.717) is 30.4 Å². The molecule has 0 unspecified atom stereocenters. The summed E-state index contributed by atoms with van der Waals surface area (Å²) >= 11 is 0. The minimum absolute atomic E-state index is 0.0876. The maximum Gasteiger partial charge on any atom is 0.259 e. The number of aromatic nitrogens is 3. The number of rotatable bonds is 4. The van der Waals surface area contributed by atoms with E-state index in [9.17, 15) is 4.79 Å². The molecular weight excluding hydrogens is 440 g/mol. The van der Waals surface area contributed by atoms with E-state index in [0.717, 1.165) is 42.8 Å². The molecule has 7 heteroatoms. The highest BCUT2D eigenvalue weighted by molar-refractivity contribution is 6.04. The van der Waals surface area contributed by atoms with Gasteiger partial charge in [0, 0.05) is 24.5 Å². The summed E-state index contributed by atoms with van der Waals surface area (Å²) < 4.78 is 13.5. The van der Waals surface area contributed by atoms with Gasteiger partial charge in [0.05, 0.1) is 48.2 Å². The highest BCUT2D eigenvalue weighted by Crippen LogP contribution is 2.41.